The van der Waals surface area contributed by atoms with Gasteiger partial charge in [-0.05, 0) is 23.8 Å². The van der Waals surface area contributed by atoms with E-state index < -0.39 is 37.0 Å². The van der Waals surface area contributed by atoms with Gasteiger partial charge in [0, 0.05) is 27.1 Å². The fourth-order valence-electron chi connectivity index (χ4n) is 3.23. The largest absolute Gasteiger partial charge is 0.508 e. The molecule has 11 heteroatoms. The predicted molar refractivity (Wildman–Crippen MR) is 107 cm³/mol. The highest BCUT2D eigenvalue weighted by Gasteiger charge is 2.47. The molecule has 0 saturated heterocycles. The first-order valence-corrected chi connectivity index (χ1v) is 11.5. The first-order valence-electron chi connectivity index (χ1n) is 8.96. The minimum absolute atomic E-state index is 0.0622. The van der Waals surface area contributed by atoms with Gasteiger partial charge in [0.25, 0.3) is 0 Å². The van der Waals surface area contributed by atoms with Gasteiger partial charge in [0.1, 0.15) is 25.4 Å². The van der Waals surface area contributed by atoms with Gasteiger partial charge in [-0.3, -0.25) is 4.79 Å². The summed E-state index contributed by atoms with van der Waals surface area (Å²) in [5, 5.41) is 2.78. The van der Waals surface area contributed by atoms with E-state index >= 15 is 0 Å². The molecular formula is C18H26NO8PS. The fourth-order valence-corrected chi connectivity index (χ4v) is 4.22. The molecule has 2 N–H and O–H groups in total. The smallest absolute Gasteiger partial charge is 0.434 e. The van der Waals surface area contributed by atoms with Gasteiger partial charge in [0.2, 0.25) is 5.91 Å². The van der Waals surface area contributed by atoms with Crippen molar-refractivity contribution in [2.24, 2.45) is 5.92 Å². The zero-order valence-corrected chi connectivity index (χ0v) is 18.2. The van der Waals surface area contributed by atoms with Crippen LogP contribution in [0.15, 0.2) is 30.3 Å². The maximum absolute atomic E-state index is 12.0. The van der Waals surface area contributed by atoms with E-state index in [-0.39, 0.29) is 19.1 Å². The molecule has 2 rings (SSSR count). The average molecular weight is 447 g/mol. The van der Waals surface area contributed by atoms with Crippen molar-refractivity contribution in [3.05, 3.63) is 35.9 Å². The summed E-state index contributed by atoms with van der Waals surface area (Å²) in [6.07, 6.45) is -1.78. The van der Waals surface area contributed by atoms with Crippen LogP contribution < -0.4 is 5.32 Å². The lowest BCUT2D eigenvalue weighted by molar-refractivity contribution is -0.120. The van der Waals surface area contributed by atoms with Crippen molar-refractivity contribution in [3.8, 4) is 0 Å². The number of amides is 1. The summed E-state index contributed by atoms with van der Waals surface area (Å²) in [6.45, 7) is -2.09. The van der Waals surface area contributed by atoms with Crippen molar-refractivity contribution in [1.29, 1.82) is 0 Å². The fraction of sp³-hybridized carbons (Fsp3) is 0.556. The number of methoxy groups -OCH3 is 1. The van der Waals surface area contributed by atoms with Crippen molar-refractivity contribution in [2.45, 2.75) is 38.2 Å². The number of carbonyl (C=O) groups excluding carboxylic acids is 2. The van der Waals surface area contributed by atoms with Gasteiger partial charge >= 0.3 is 12.9 Å². The Hall–Kier alpha value is -1.55. The van der Waals surface area contributed by atoms with Crippen LogP contribution in [0, 0.1) is 5.92 Å². The Morgan fingerprint density at radius 3 is 2.48 bits per heavy atom. The van der Waals surface area contributed by atoms with Crippen LogP contribution in [0.4, 0.5) is 4.79 Å². The third-order valence-corrected chi connectivity index (χ3v) is 6.18. The minimum atomic E-state index is -3.50. The summed E-state index contributed by atoms with van der Waals surface area (Å²) in [5.74, 6) is -0.638. The van der Waals surface area contributed by atoms with Gasteiger partial charge in [-0.25, -0.2) is 4.79 Å². The van der Waals surface area contributed by atoms with E-state index in [0.717, 1.165) is 5.56 Å². The molecule has 1 aliphatic rings. The van der Waals surface area contributed by atoms with E-state index in [2.05, 4.69) is 5.32 Å². The number of ether oxygens (including phenoxy) is 3. The Morgan fingerprint density at radius 2 is 1.90 bits per heavy atom. The molecule has 1 amide bonds. The molecule has 2 unspecified atom stereocenters. The number of nitrogens with one attached hydrogen (secondary N) is 1. The van der Waals surface area contributed by atoms with Gasteiger partial charge in [-0.2, -0.15) is 0 Å². The van der Waals surface area contributed by atoms with Crippen LogP contribution >= 0.6 is 6.72 Å². The Balaban J connectivity index is 1.99. The van der Waals surface area contributed by atoms with E-state index in [1.807, 2.05) is 30.3 Å². The Bertz CT molecular complexity index is 734. The second kappa shape index (κ2) is 11.0. The van der Waals surface area contributed by atoms with Crippen LogP contribution in [0.5, 0.6) is 0 Å². The van der Waals surface area contributed by atoms with E-state index in [9.17, 15) is 14.5 Å². The quantitative estimate of drug-likeness (QED) is 0.434. The van der Waals surface area contributed by atoms with Gasteiger partial charge < -0.3 is 33.5 Å². The number of carbonyl (C=O) groups is 2. The van der Waals surface area contributed by atoms with Gasteiger partial charge in [0.15, 0.2) is 0 Å². The first kappa shape index (κ1) is 23.7. The molecule has 0 radical (unpaired) electrons. The van der Waals surface area contributed by atoms with Crippen LogP contribution in [-0.2, 0) is 46.5 Å². The lowest BCUT2D eigenvalue weighted by Crippen LogP contribution is -2.44. The average Bonchev–Trinajstić information content (AvgIpc) is 3.00. The van der Waals surface area contributed by atoms with Crippen molar-refractivity contribution >= 4 is 30.6 Å². The summed E-state index contributed by atoms with van der Waals surface area (Å²) >= 11 is 4.94. The number of hydrogen-bond acceptors (Lipinski definition) is 8. The first-order chi connectivity index (χ1) is 13.8. The Morgan fingerprint density at radius 1 is 1.21 bits per heavy atom. The molecule has 9 nitrogen and oxygen atoms in total. The molecule has 0 heterocycles. The van der Waals surface area contributed by atoms with Gasteiger partial charge in [-0.1, -0.05) is 30.3 Å². The number of benzene rings is 1. The van der Waals surface area contributed by atoms with Crippen LogP contribution in [0.25, 0.3) is 0 Å². The molecule has 0 spiro atoms. The molecule has 0 aliphatic heterocycles. The minimum Gasteiger partial charge on any atom is -0.434 e. The zero-order chi connectivity index (χ0) is 21.4. The molecule has 1 aromatic rings. The van der Waals surface area contributed by atoms with Crippen molar-refractivity contribution in [3.63, 3.8) is 0 Å². The summed E-state index contributed by atoms with van der Waals surface area (Å²) in [5.41, 5.74) is 0.831. The molecule has 1 aromatic carbocycles. The van der Waals surface area contributed by atoms with Crippen LogP contribution in [-0.4, -0.2) is 56.0 Å². The zero-order valence-electron chi connectivity index (χ0n) is 16.5. The third kappa shape index (κ3) is 7.33. The van der Waals surface area contributed by atoms with Crippen molar-refractivity contribution < 1.29 is 37.7 Å². The van der Waals surface area contributed by atoms with Gasteiger partial charge in [0.05, 0.1) is 6.04 Å². The van der Waals surface area contributed by atoms with E-state index in [0.29, 0.717) is 6.42 Å². The standard InChI is InChI=1S/C18H26NO8PS/c1-12(20)19-15-9-14(16(17(15)23-2)27-28(22,29)24-3)11-26-18(21)25-10-13-7-5-4-6-8-13/h4-8,14-17H,9-11H2,1-3H3,(H,19,20)(H,22,29)/t14-,15-,16?,17-,28?/m1/s1. The third-order valence-electron chi connectivity index (χ3n) is 4.50. The lowest BCUT2D eigenvalue weighted by Gasteiger charge is -2.28. The molecule has 1 fully saturated rings. The monoisotopic (exact) mass is 447 g/mol. The second-order valence-electron chi connectivity index (χ2n) is 6.56. The molecule has 0 aromatic heterocycles. The number of rotatable bonds is 9. The number of hydrogen-bond donors (Lipinski definition) is 2. The molecule has 29 heavy (non-hydrogen) atoms. The highest BCUT2D eigenvalue weighted by Crippen LogP contribution is 2.48. The Labute approximate surface area is 174 Å². The SMILES string of the molecule is CO[C@H]1C(OP(O)(=S)OC)[C@@H](COC(=O)OCc2ccccc2)C[C@H]1NC(C)=O. The van der Waals surface area contributed by atoms with Crippen molar-refractivity contribution in [1.82, 2.24) is 5.32 Å². The maximum atomic E-state index is 12.0. The molecule has 5 atom stereocenters. The lowest BCUT2D eigenvalue weighted by atomic mass is 10.1. The molecule has 1 aliphatic carbocycles. The highest BCUT2D eigenvalue weighted by atomic mass is 32.5. The topological polar surface area (TPSA) is 113 Å². The molecule has 162 valence electrons. The molecule has 0 bridgehead atoms. The van der Waals surface area contributed by atoms with E-state index in [1.54, 1.807) is 0 Å². The van der Waals surface area contributed by atoms with Gasteiger partial charge in [-0.15, -0.1) is 0 Å². The maximum Gasteiger partial charge on any atom is 0.508 e. The second-order valence-corrected chi connectivity index (χ2v) is 9.46. The summed E-state index contributed by atoms with van der Waals surface area (Å²) in [6, 6.07) is 8.80. The normalized spacial score (nSPS) is 25.8. The molecule has 1 saturated carbocycles. The summed E-state index contributed by atoms with van der Waals surface area (Å²) < 4.78 is 26.2. The predicted octanol–water partition coefficient (Wildman–Crippen LogP) is 2.13. The van der Waals surface area contributed by atoms with Crippen LogP contribution in [0.2, 0.25) is 0 Å². The summed E-state index contributed by atoms with van der Waals surface area (Å²) in [4.78, 5) is 33.5. The van der Waals surface area contributed by atoms with Crippen LogP contribution in [0.1, 0.15) is 18.9 Å². The van der Waals surface area contributed by atoms with Crippen molar-refractivity contribution in [2.75, 3.05) is 20.8 Å². The van der Waals surface area contributed by atoms with E-state index in [4.69, 9.17) is 35.1 Å². The van der Waals surface area contributed by atoms with Crippen LogP contribution in [0.3, 0.4) is 0 Å². The Kier molecular flexibility index (Phi) is 9.01. The van der Waals surface area contributed by atoms with E-state index in [1.165, 1.54) is 21.1 Å². The summed E-state index contributed by atoms with van der Waals surface area (Å²) in [7, 11) is 2.70. The highest BCUT2D eigenvalue weighted by molar-refractivity contribution is 8.07. The molecular weight excluding hydrogens is 421 g/mol.